The molecule has 0 fully saturated rings. The first-order valence-corrected chi connectivity index (χ1v) is 4.98. The van der Waals surface area contributed by atoms with Gasteiger partial charge in [0, 0.05) is 17.3 Å². The zero-order valence-electron chi connectivity index (χ0n) is 8.02. The van der Waals surface area contributed by atoms with Gasteiger partial charge in [0.25, 0.3) is 0 Å². The van der Waals surface area contributed by atoms with E-state index in [1.165, 1.54) is 11.3 Å². The highest BCUT2D eigenvalue weighted by atomic mass is 35.5. The normalized spacial score (nSPS) is 19.0. The van der Waals surface area contributed by atoms with Gasteiger partial charge in [0.1, 0.15) is 0 Å². The average molecular weight is 196 g/mol. The molecular weight excluding hydrogens is 182 g/mol. The SMILES string of the molecule is CC1(C)CNc2cccc(Cl)c2C1. The third-order valence-corrected chi connectivity index (χ3v) is 2.89. The van der Waals surface area contributed by atoms with Crippen molar-refractivity contribution < 1.29 is 0 Å². The summed E-state index contributed by atoms with van der Waals surface area (Å²) in [6, 6.07) is 6.05. The van der Waals surface area contributed by atoms with Crippen LogP contribution in [0.5, 0.6) is 0 Å². The van der Waals surface area contributed by atoms with E-state index in [0.717, 1.165) is 18.0 Å². The Hall–Kier alpha value is -0.690. The second kappa shape index (κ2) is 2.91. The molecule has 13 heavy (non-hydrogen) atoms. The molecule has 0 saturated heterocycles. The molecule has 2 rings (SSSR count). The summed E-state index contributed by atoms with van der Waals surface area (Å²) in [5.74, 6) is 0. The maximum absolute atomic E-state index is 6.13. The zero-order valence-corrected chi connectivity index (χ0v) is 8.78. The summed E-state index contributed by atoms with van der Waals surface area (Å²) in [4.78, 5) is 0. The molecule has 0 atom stereocenters. The van der Waals surface area contributed by atoms with Gasteiger partial charge in [0.2, 0.25) is 0 Å². The largest absolute Gasteiger partial charge is 0.384 e. The first-order chi connectivity index (χ1) is 6.08. The molecule has 70 valence electrons. The Morgan fingerprint density at radius 2 is 2.15 bits per heavy atom. The van der Waals surface area contributed by atoms with Crippen LogP contribution < -0.4 is 5.32 Å². The van der Waals surface area contributed by atoms with Gasteiger partial charge in [-0.1, -0.05) is 31.5 Å². The quantitative estimate of drug-likeness (QED) is 0.670. The molecule has 2 heteroatoms. The fourth-order valence-electron chi connectivity index (χ4n) is 1.78. The Bertz CT molecular complexity index is 331. The van der Waals surface area contributed by atoms with E-state index in [2.05, 4.69) is 25.2 Å². The van der Waals surface area contributed by atoms with Gasteiger partial charge in [0.05, 0.1) is 0 Å². The highest BCUT2D eigenvalue weighted by Gasteiger charge is 2.25. The Balaban J connectivity index is 2.44. The van der Waals surface area contributed by atoms with Crippen LogP contribution in [-0.2, 0) is 6.42 Å². The van der Waals surface area contributed by atoms with E-state index in [1.54, 1.807) is 0 Å². The van der Waals surface area contributed by atoms with Crippen LogP contribution in [0.2, 0.25) is 5.02 Å². The Kier molecular flexibility index (Phi) is 1.99. The molecule has 1 nitrogen and oxygen atoms in total. The van der Waals surface area contributed by atoms with Gasteiger partial charge in [-0.05, 0) is 29.5 Å². The number of hydrogen-bond acceptors (Lipinski definition) is 1. The number of anilines is 1. The molecule has 1 aliphatic rings. The zero-order chi connectivity index (χ0) is 9.47. The molecule has 0 saturated carbocycles. The Morgan fingerprint density at radius 3 is 2.92 bits per heavy atom. The number of benzene rings is 1. The van der Waals surface area contributed by atoms with E-state index in [9.17, 15) is 0 Å². The molecule has 0 aromatic heterocycles. The van der Waals surface area contributed by atoms with E-state index in [4.69, 9.17) is 11.6 Å². The van der Waals surface area contributed by atoms with E-state index in [0.29, 0.717) is 5.41 Å². The van der Waals surface area contributed by atoms with E-state index in [1.807, 2.05) is 12.1 Å². The predicted octanol–water partition coefficient (Wildman–Crippen LogP) is 3.33. The fraction of sp³-hybridized carbons (Fsp3) is 0.455. The summed E-state index contributed by atoms with van der Waals surface area (Å²) in [6.45, 7) is 5.54. The van der Waals surface area contributed by atoms with Crippen molar-refractivity contribution in [3.63, 3.8) is 0 Å². The number of halogens is 1. The third kappa shape index (κ3) is 1.66. The van der Waals surface area contributed by atoms with Gasteiger partial charge in [-0.25, -0.2) is 0 Å². The van der Waals surface area contributed by atoms with Crippen LogP contribution >= 0.6 is 11.6 Å². The fourth-order valence-corrected chi connectivity index (χ4v) is 2.02. The minimum atomic E-state index is 0.317. The molecule has 0 bridgehead atoms. The second-order valence-corrected chi connectivity index (χ2v) is 4.87. The van der Waals surface area contributed by atoms with Crippen molar-refractivity contribution in [2.45, 2.75) is 20.3 Å². The lowest BCUT2D eigenvalue weighted by Gasteiger charge is -2.32. The number of fused-ring (bicyclic) bond motifs is 1. The minimum Gasteiger partial charge on any atom is -0.384 e. The molecule has 0 unspecified atom stereocenters. The summed E-state index contributed by atoms with van der Waals surface area (Å²) in [5.41, 5.74) is 2.78. The summed E-state index contributed by atoms with van der Waals surface area (Å²) in [7, 11) is 0. The molecule has 1 aromatic rings. The lowest BCUT2D eigenvalue weighted by molar-refractivity contribution is 0.379. The summed E-state index contributed by atoms with van der Waals surface area (Å²) >= 11 is 6.13. The third-order valence-electron chi connectivity index (χ3n) is 2.53. The molecule has 0 spiro atoms. The Morgan fingerprint density at radius 1 is 1.38 bits per heavy atom. The van der Waals surface area contributed by atoms with Crippen molar-refractivity contribution in [1.29, 1.82) is 0 Å². The topological polar surface area (TPSA) is 12.0 Å². The first-order valence-electron chi connectivity index (χ1n) is 4.60. The van der Waals surface area contributed by atoms with Crippen molar-refractivity contribution in [2.75, 3.05) is 11.9 Å². The monoisotopic (exact) mass is 195 g/mol. The van der Waals surface area contributed by atoms with Crippen molar-refractivity contribution in [3.8, 4) is 0 Å². The highest BCUT2D eigenvalue weighted by molar-refractivity contribution is 6.31. The van der Waals surface area contributed by atoms with Gasteiger partial charge in [-0.15, -0.1) is 0 Å². The molecule has 1 aromatic carbocycles. The molecule has 1 aliphatic heterocycles. The van der Waals surface area contributed by atoms with E-state index >= 15 is 0 Å². The van der Waals surface area contributed by atoms with Crippen LogP contribution in [0.3, 0.4) is 0 Å². The van der Waals surface area contributed by atoms with Crippen LogP contribution in [0.4, 0.5) is 5.69 Å². The molecule has 1 heterocycles. The summed E-state index contributed by atoms with van der Waals surface area (Å²) in [6.07, 6.45) is 1.06. The maximum Gasteiger partial charge on any atom is 0.0458 e. The number of rotatable bonds is 0. The van der Waals surface area contributed by atoms with Crippen LogP contribution in [0.15, 0.2) is 18.2 Å². The molecule has 0 amide bonds. The lowest BCUT2D eigenvalue weighted by Crippen LogP contribution is -2.30. The second-order valence-electron chi connectivity index (χ2n) is 4.46. The lowest BCUT2D eigenvalue weighted by atomic mass is 9.82. The highest BCUT2D eigenvalue weighted by Crippen LogP contribution is 2.35. The minimum absolute atomic E-state index is 0.317. The van der Waals surface area contributed by atoms with Crippen LogP contribution in [0.25, 0.3) is 0 Å². The molecule has 0 radical (unpaired) electrons. The Labute approximate surface area is 84.1 Å². The maximum atomic E-state index is 6.13. The van der Waals surface area contributed by atoms with Gasteiger partial charge in [-0.2, -0.15) is 0 Å². The van der Waals surface area contributed by atoms with Gasteiger partial charge < -0.3 is 5.32 Å². The molecular formula is C11H14ClN. The van der Waals surface area contributed by atoms with Crippen molar-refractivity contribution in [2.24, 2.45) is 5.41 Å². The molecule has 1 N–H and O–H groups in total. The van der Waals surface area contributed by atoms with Crippen molar-refractivity contribution in [3.05, 3.63) is 28.8 Å². The van der Waals surface area contributed by atoms with Crippen molar-refractivity contribution >= 4 is 17.3 Å². The number of nitrogens with one attached hydrogen (secondary N) is 1. The van der Waals surface area contributed by atoms with Crippen molar-refractivity contribution in [1.82, 2.24) is 0 Å². The van der Waals surface area contributed by atoms with E-state index in [-0.39, 0.29) is 0 Å². The van der Waals surface area contributed by atoms with Crippen LogP contribution in [0, 0.1) is 5.41 Å². The van der Waals surface area contributed by atoms with Gasteiger partial charge >= 0.3 is 0 Å². The van der Waals surface area contributed by atoms with Gasteiger partial charge in [0.15, 0.2) is 0 Å². The van der Waals surface area contributed by atoms with E-state index < -0.39 is 0 Å². The summed E-state index contributed by atoms with van der Waals surface area (Å²) in [5, 5.41) is 4.30. The molecule has 0 aliphatic carbocycles. The van der Waals surface area contributed by atoms with Crippen LogP contribution in [0.1, 0.15) is 19.4 Å². The number of hydrogen-bond donors (Lipinski definition) is 1. The van der Waals surface area contributed by atoms with Crippen LogP contribution in [-0.4, -0.2) is 6.54 Å². The average Bonchev–Trinajstić information content (AvgIpc) is 2.06. The standard InChI is InChI=1S/C11H14ClN/c1-11(2)6-8-9(12)4-3-5-10(8)13-7-11/h3-5,13H,6-7H2,1-2H3. The van der Waals surface area contributed by atoms with Gasteiger partial charge in [-0.3, -0.25) is 0 Å². The first kappa shape index (κ1) is 8.89. The summed E-state index contributed by atoms with van der Waals surface area (Å²) < 4.78 is 0. The smallest absolute Gasteiger partial charge is 0.0458 e. The predicted molar refractivity (Wildman–Crippen MR) is 57.4 cm³/mol.